The van der Waals surface area contributed by atoms with E-state index in [9.17, 15) is 0 Å². The van der Waals surface area contributed by atoms with Gasteiger partial charge in [0, 0.05) is 11.8 Å². The van der Waals surface area contributed by atoms with Crippen LogP contribution in [0.15, 0.2) is 6.20 Å². The summed E-state index contributed by atoms with van der Waals surface area (Å²) in [6.07, 6.45) is 11.1. The molecule has 0 spiro atoms. The van der Waals surface area contributed by atoms with Gasteiger partial charge in [0.05, 0.1) is 18.0 Å². The summed E-state index contributed by atoms with van der Waals surface area (Å²) < 4.78 is 5.89. The Morgan fingerprint density at radius 2 is 1.74 bits per heavy atom. The molecule has 0 aliphatic heterocycles. The molecule has 0 amide bonds. The molecule has 3 nitrogen and oxygen atoms in total. The van der Waals surface area contributed by atoms with Crippen LogP contribution in [0, 0.1) is 0 Å². The second-order valence-electron chi connectivity index (χ2n) is 6.25. The van der Waals surface area contributed by atoms with Gasteiger partial charge in [0.25, 0.3) is 0 Å². The SMILES string of the molecule is CC(C)Oc1cnc(C2CCCC2)nc1C1CCC1. The van der Waals surface area contributed by atoms with Crippen molar-refractivity contribution in [2.24, 2.45) is 0 Å². The summed E-state index contributed by atoms with van der Waals surface area (Å²) in [5, 5.41) is 0. The van der Waals surface area contributed by atoms with Crippen LogP contribution in [0.5, 0.6) is 5.75 Å². The predicted molar refractivity (Wildman–Crippen MR) is 75.6 cm³/mol. The third kappa shape index (κ3) is 2.75. The summed E-state index contributed by atoms with van der Waals surface area (Å²) in [5.74, 6) is 3.18. The van der Waals surface area contributed by atoms with Crippen molar-refractivity contribution in [2.75, 3.05) is 0 Å². The first-order valence-electron chi connectivity index (χ1n) is 7.77. The Hall–Kier alpha value is -1.12. The first kappa shape index (κ1) is 12.9. The fourth-order valence-electron chi connectivity index (χ4n) is 3.10. The maximum atomic E-state index is 5.89. The Kier molecular flexibility index (Phi) is 3.72. The lowest BCUT2D eigenvalue weighted by Crippen LogP contribution is -2.17. The van der Waals surface area contributed by atoms with Crippen LogP contribution < -0.4 is 4.74 Å². The first-order valence-corrected chi connectivity index (χ1v) is 7.77. The molecular weight excluding hydrogens is 236 g/mol. The number of ether oxygens (including phenoxy) is 1. The molecule has 3 rings (SSSR count). The van der Waals surface area contributed by atoms with E-state index in [1.165, 1.54) is 50.6 Å². The van der Waals surface area contributed by atoms with Crippen LogP contribution in [0.4, 0.5) is 0 Å². The van der Waals surface area contributed by atoms with E-state index in [-0.39, 0.29) is 6.10 Å². The van der Waals surface area contributed by atoms with Crippen LogP contribution >= 0.6 is 0 Å². The number of hydrogen-bond donors (Lipinski definition) is 0. The summed E-state index contributed by atoms with van der Waals surface area (Å²) in [4.78, 5) is 9.47. The molecule has 0 unspecified atom stereocenters. The smallest absolute Gasteiger partial charge is 0.159 e. The quantitative estimate of drug-likeness (QED) is 0.814. The molecule has 0 saturated heterocycles. The van der Waals surface area contributed by atoms with E-state index in [4.69, 9.17) is 9.72 Å². The molecule has 3 heteroatoms. The lowest BCUT2D eigenvalue weighted by Gasteiger charge is -2.27. The second kappa shape index (κ2) is 5.48. The average molecular weight is 260 g/mol. The van der Waals surface area contributed by atoms with Crippen molar-refractivity contribution in [3.05, 3.63) is 17.7 Å². The van der Waals surface area contributed by atoms with Crippen LogP contribution in [0.2, 0.25) is 0 Å². The molecule has 0 atom stereocenters. The number of hydrogen-bond acceptors (Lipinski definition) is 3. The Morgan fingerprint density at radius 3 is 2.32 bits per heavy atom. The van der Waals surface area contributed by atoms with E-state index in [0.717, 1.165) is 11.6 Å². The van der Waals surface area contributed by atoms with Crippen molar-refractivity contribution in [3.63, 3.8) is 0 Å². The van der Waals surface area contributed by atoms with Crippen molar-refractivity contribution < 1.29 is 4.74 Å². The minimum Gasteiger partial charge on any atom is -0.487 e. The van der Waals surface area contributed by atoms with Crippen LogP contribution in [-0.2, 0) is 0 Å². The second-order valence-corrected chi connectivity index (χ2v) is 6.25. The zero-order valence-corrected chi connectivity index (χ0v) is 12.1. The molecule has 2 aliphatic carbocycles. The zero-order valence-electron chi connectivity index (χ0n) is 12.1. The molecule has 0 bridgehead atoms. The lowest BCUT2D eigenvalue weighted by molar-refractivity contribution is 0.231. The summed E-state index contributed by atoms with van der Waals surface area (Å²) in [5.41, 5.74) is 1.18. The van der Waals surface area contributed by atoms with Crippen LogP contribution in [0.25, 0.3) is 0 Å². The number of rotatable bonds is 4. The molecule has 0 aromatic carbocycles. The minimum absolute atomic E-state index is 0.194. The van der Waals surface area contributed by atoms with Crippen LogP contribution in [-0.4, -0.2) is 16.1 Å². The van der Waals surface area contributed by atoms with E-state index in [1.807, 2.05) is 6.20 Å². The Balaban J connectivity index is 1.87. The highest BCUT2D eigenvalue weighted by atomic mass is 16.5. The van der Waals surface area contributed by atoms with Gasteiger partial charge < -0.3 is 4.74 Å². The standard InChI is InChI=1S/C16H24N2O/c1-11(2)19-14-10-17-16(13-6-3-4-7-13)18-15(14)12-8-5-9-12/h10-13H,3-9H2,1-2H3. The lowest BCUT2D eigenvalue weighted by atomic mass is 9.82. The monoisotopic (exact) mass is 260 g/mol. The third-order valence-electron chi connectivity index (χ3n) is 4.38. The number of aromatic nitrogens is 2. The van der Waals surface area contributed by atoms with Crippen LogP contribution in [0.1, 0.15) is 82.1 Å². The highest BCUT2D eigenvalue weighted by molar-refractivity contribution is 5.30. The maximum Gasteiger partial charge on any atom is 0.159 e. The van der Waals surface area contributed by atoms with Gasteiger partial charge in [-0.3, -0.25) is 0 Å². The molecule has 1 heterocycles. The van der Waals surface area contributed by atoms with Gasteiger partial charge in [-0.2, -0.15) is 0 Å². The van der Waals surface area contributed by atoms with Crippen molar-refractivity contribution in [2.45, 2.75) is 76.7 Å². The molecule has 1 aromatic rings. The number of nitrogens with zero attached hydrogens (tertiary/aromatic N) is 2. The van der Waals surface area contributed by atoms with Crippen molar-refractivity contribution in [1.82, 2.24) is 9.97 Å². The van der Waals surface area contributed by atoms with Gasteiger partial charge in [-0.15, -0.1) is 0 Å². The topological polar surface area (TPSA) is 35.0 Å². The highest BCUT2D eigenvalue weighted by Gasteiger charge is 2.28. The Morgan fingerprint density at radius 1 is 1.05 bits per heavy atom. The van der Waals surface area contributed by atoms with Gasteiger partial charge in [0.2, 0.25) is 0 Å². The van der Waals surface area contributed by atoms with Gasteiger partial charge in [-0.1, -0.05) is 19.3 Å². The fraction of sp³-hybridized carbons (Fsp3) is 0.750. The summed E-state index contributed by atoms with van der Waals surface area (Å²) in [7, 11) is 0. The summed E-state index contributed by atoms with van der Waals surface area (Å²) in [6, 6.07) is 0. The molecule has 19 heavy (non-hydrogen) atoms. The van der Waals surface area contributed by atoms with Crippen molar-refractivity contribution in [3.8, 4) is 5.75 Å². The predicted octanol–water partition coefficient (Wildman–Crippen LogP) is 4.19. The molecule has 2 fully saturated rings. The molecule has 2 aliphatic rings. The molecule has 0 radical (unpaired) electrons. The molecule has 2 saturated carbocycles. The normalized spacial score (nSPS) is 20.8. The van der Waals surface area contributed by atoms with Gasteiger partial charge in [-0.25, -0.2) is 9.97 Å². The van der Waals surface area contributed by atoms with E-state index in [1.54, 1.807) is 0 Å². The minimum atomic E-state index is 0.194. The molecule has 104 valence electrons. The fourth-order valence-corrected chi connectivity index (χ4v) is 3.10. The van der Waals surface area contributed by atoms with E-state index in [2.05, 4.69) is 18.8 Å². The van der Waals surface area contributed by atoms with Crippen molar-refractivity contribution in [1.29, 1.82) is 0 Å². The average Bonchev–Trinajstić information content (AvgIpc) is 2.82. The largest absolute Gasteiger partial charge is 0.487 e. The van der Waals surface area contributed by atoms with Crippen molar-refractivity contribution >= 4 is 0 Å². The van der Waals surface area contributed by atoms with Gasteiger partial charge in [-0.05, 0) is 39.5 Å². The molecular formula is C16H24N2O. The third-order valence-corrected chi connectivity index (χ3v) is 4.38. The zero-order chi connectivity index (χ0) is 13.2. The molecule has 1 aromatic heterocycles. The first-order chi connectivity index (χ1) is 9.24. The summed E-state index contributed by atoms with van der Waals surface area (Å²) in [6.45, 7) is 4.13. The van der Waals surface area contributed by atoms with Gasteiger partial charge in [0.1, 0.15) is 5.82 Å². The van der Waals surface area contributed by atoms with Gasteiger partial charge >= 0.3 is 0 Å². The summed E-state index contributed by atoms with van der Waals surface area (Å²) >= 11 is 0. The highest BCUT2D eigenvalue weighted by Crippen LogP contribution is 2.41. The van der Waals surface area contributed by atoms with Crippen LogP contribution in [0.3, 0.4) is 0 Å². The van der Waals surface area contributed by atoms with E-state index in [0.29, 0.717) is 11.8 Å². The van der Waals surface area contributed by atoms with E-state index >= 15 is 0 Å². The molecule has 0 N–H and O–H groups in total. The Labute approximate surface area is 115 Å². The maximum absolute atomic E-state index is 5.89. The van der Waals surface area contributed by atoms with Gasteiger partial charge in [0.15, 0.2) is 5.75 Å². The Bertz CT molecular complexity index is 434. The van der Waals surface area contributed by atoms with E-state index < -0.39 is 0 Å².